The molecule has 0 aliphatic rings. The van der Waals surface area contributed by atoms with Crippen LogP contribution in [0.25, 0.3) is 0 Å². The van der Waals surface area contributed by atoms with E-state index in [2.05, 4.69) is 4.98 Å². The number of pyridine rings is 1. The average Bonchev–Trinajstić information content (AvgIpc) is 1.88. The Morgan fingerprint density at radius 1 is 1.70 bits per heavy atom. The maximum atomic E-state index is 5.60. The zero-order valence-electron chi connectivity index (χ0n) is 6.12. The molecule has 1 aromatic heterocycles. The van der Waals surface area contributed by atoms with Gasteiger partial charge in [0.05, 0.1) is 0 Å². The summed E-state index contributed by atoms with van der Waals surface area (Å²) in [6, 6.07) is 4.19. The predicted molar refractivity (Wildman–Crippen MR) is 41.6 cm³/mol. The number of rotatable bonds is 2. The van der Waals surface area contributed by atoms with Crippen LogP contribution < -0.4 is 5.73 Å². The Morgan fingerprint density at radius 2 is 2.50 bits per heavy atom. The molecule has 0 aliphatic carbocycles. The van der Waals surface area contributed by atoms with Gasteiger partial charge in [-0.05, 0) is 25.0 Å². The fraction of sp³-hybridized carbons (Fsp3) is 0.375. The van der Waals surface area contributed by atoms with Gasteiger partial charge in [-0.25, -0.2) is 0 Å². The second-order valence-electron chi connectivity index (χ2n) is 2.54. The van der Waals surface area contributed by atoms with E-state index in [1.54, 1.807) is 6.20 Å². The Hall–Kier alpha value is -0.890. The van der Waals surface area contributed by atoms with Gasteiger partial charge in [-0.3, -0.25) is 4.98 Å². The van der Waals surface area contributed by atoms with Gasteiger partial charge in [0.2, 0.25) is 0 Å². The SMILES string of the molecule is C[C@@H](N)Cc1cccnc1. The summed E-state index contributed by atoms with van der Waals surface area (Å²) in [4.78, 5) is 3.98. The molecule has 0 amide bonds. The smallest absolute Gasteiger partial charge is 0.0300 e. The fourth-order valence-corrected chi connectivity index (χ4v) is 0.891. The van der Waals surface area contributed by atoms with Gasteiger partial charge >= 0.3 is 0 Å². The minimum Gasteiger partial charge on any atom is -0.328 e. The quantitative estimate of drug-likeness (QED) is 0.658. The summed E-state index contributed by atoms with van der Waals surface area (Å²) in [7, 11) is 0. The number of hydrogen-bond donors (Lipinski definition) is 1. The Morgan fingerprint density at radius 3 is 3.00 bits per heavy atom. The summed E-state index contributed by atoms with van der Waals surface area (Å²) in [6.07, 6.45) is 4.53. The molecule has 1 aromatic rings. The third-order valence-corrected chi connectivity index (χ3v) is 1.28. The van der Waals surface area contributed by atoms with Crippen molar-refractivity contribution >= 4 is 0 Å². The molecule has 0 radical (unpaired) electrons. The van der Waals surface area contributed by atoms with Gasteiger partial charge in [-0.15, -0.1) is 0 Å². The van der Waals surface area contributed by atoms with Gasteiger partial charge in [0.15, 0.2) is 0 Å². The van der Waals surface area contributed by atoms with Crippen LogP contribution >= 0.6 is 0 Å². The fourth-order valence-electron chi connectivity index (χ4n) is 0.891. The molecule has 0 aromatic carbocycles. The highest BCUT2D eigenvalue weighted by atomic mass is 14.6. The van der Waals surface area contributed by atoms with Gasteiger partial charge in [0, 0.05) is 18.4 Å². The molecule has 0 aliphatic heterocycles. The van der Waals surface area contributed by atoms with Crippen molar-refractivity contribution in [1.29, 1.82) is 0 Å². The highest BCUT2D eigenvalue weighted by molar-refractivity contribution is 5.09. The first-order valence-electron chi connectivity index (χ1n) is 3.43. The molecular weight excluding hydrogens is 124 g/mol. The Kier molecular flexibility index (Phi) is 2.40. The molecule has 0 fully saturated rings. The van der Waals surface area contributed by atoms with E-state index in [0.29, 0.717) is 0 Å². The third-order valence-electron chi connectivity index (χ3n) is 1.28. The van der Waals surface area contributed by atoms with Crippen LogP contribution in [0, 0.1) is 0 Å². The molecule has 1 atom stereocenters. The highest BCUT2D eigenvalue weighted by Gasteiger charge is 1.94. The standard InChI is InChI=1S/C8H12N2/c1-7(9)5-8-3-2-4-10-6-8/h2-4,6-7H,5,9H2,1H3/t7-/m1/s1. The summed E-state index contributed by atoms with van der Waals surface area (Å²) in [5.41, 5.74) is 6.80. The molecule has 10 heavy (non-hydrogen) atoms. The Labute approximate surface area is 61.1 Å². The van der Waals surface area contributed by atoms with Crippen molar-refractivity contribution in [2.24, 2.45) is 5.73 Å². The Bertz CT molecular complexity index is 182. The van der Waals surface area contributed by atoms with E-state index in [4.69, 9.17) is 5.73 Å². The minimum absolute atomic E-state index is 0.226. The largest absolute Gasteiger partial charge is 0.328 e. The van der Waals surface area contributed by atoms with Crippen molar-refractivity contribution in [2.45, 2.75) is 19.4 Å². The van der Waals surface area contributed by atoms with Gasteiger partial charge in [0.1, 0.15) is 0 Å². The third kappa shape index (κ3) is 2.15. The second-order valence-corrected chi connectivity index (χ2v) is 2.54. The van der Waals surface area contributed by atoms with Gasteiger partial charge in [-0.2, -0.15) is 0 Å². The van der Waals surface area contributed by atoms with Crippen LogP contribution in [-0.2, 0) is 6.42 Å². The average molecular weight is 136 g/mol. The first-order chi connectivity index (χ1) is 4.79. The lowest BCUT2D eigenvalue weighted by Gasteiger charge is -2.02. The van der Waals surface area contributed by atoms with Crippen molar-refractivity contribution in [1.82, 2.24) is 4.98 Å². The maximum absolute atomic E-state index is 5.60. The van der Waals surface area contributed by atoms with Crippen LogP contribution in [0.4, 0.5) is 0 Å². The second kappa shape index (κ2) is 3.32. The molecule has 2 heteroatoms. The van der Waals surface area contributed by atoms with Gasteiger partial charge in [-0.1, -0.05) is 6.07 Å². The summed E-state index contributed by atoms with van der Waals surface area (Å²) in [5.74, 6) is 0. The topological polar surface area (TPSA) is 38.9 Å². The van der Waals surface area contributed by atoms with E-state index in [0.717, 1.165) is 6.42 Å². The summed E-state index contributed by atoms with van der Waals surface area (Å²) >= 11 is 0. The molecule has 0 unspecified atom stereocenters. The van der Waals surface area contributed by atoms with Gasteiger partial charge < -0.3 is 5.73 Å². The zero-order valence-corrected chi connectivity index (χ0v) is 6.12. The van der Waals surface area contributed by atoms with Crippen molar-refractivity contribution in [3.05, 3.63) is 30.1 Å². The highest BCUT2D eigenvalue weighted by Crippen LogP contribution is 1.98. The normalized spacial score (nSPS) is 13.0. The molecule has 1 heterocycles. The van der Waals surface area contributed by atoms with E-state index >= 15 is 0 Å². The van der Waals surface area contributed by atoms with Crippen LogP contribution in [0.3, 0.4) is 0 Å². The molecule has 54 valence electrons. The van der Waals surface area contributed by atoms with Crippen molar-refractivity contribution in [3.63, 3.8) is 0 Å². The van der Waals surface area contributed by atoms with E-state index < -0.39 is 0 Å². The van der Waals surface area contributed by atoms with E-state index in [1.165, 1.54) is 5.56 Å². The summed E-state index contributed by atoms with van der Waals surface area (Å²) in [5, 5.41) is 0. The Balaban J connectivity index is 2.59. The first-order valence-corrected chi connectivity index (χ1v) is 3.43. The number of hydrogen-bond acceptors (Lipinski definition) is 2. The molecule has 1 rings (SSSR count). The first kappa shape index (κ1) is 7.22. The summed E-state index contributed by atoms with van der Waals surface area (Å²) < 4.78 is 0. The number of aromatic nitrogens is 1. The van der Waals surface area contributed by atoms with Crippen LogP contribution in [0.2, 0.25) is 0 Å². The van der Waals surface area contributed by atoms with Crippen LogP contribution in [0.5, 0.6) is 0 Å². The molecule has 0 saturated carbocycles. The zero-order chi connectivity index (χ0) is 7.40. The van der Waals surface area contributed by atoms with E-state index in [9.17, 15) is 0 Å². The van der Waals surface area contributed by atoms with Crippen molar-refractivity contribution in [3.8, 4) is 0 Å². The molecular formula is C8H12N2. The van der Waals surface area contributed by atoms with Crippen molar-refractivity contribution < 1.29 is 0 Å². The monoisotopic (exact) mass is 136 g/mol. The molecule has 2 N–H and O–H groups in total. The lowest BCUT2D eigenvalue weighted by Crippen LogP contribution is -2.17. The summed E-state index contributed by atoms with van der Waals surface area (Å²) in [6.45, 7) is 1.99. The molecule has 0 saturated heterocycles. The maximum Gasteiger partial charge on any atom is 0.0300 e. The van der Waals surface area contributed by atoms with Crippen LogP contribution in [0.1, 0.15) is 12.5 Å². The van der Waals surface area contributed by atoms with Crippen LogP contribution in [-0.4, -0.2) is 11.0 Å². The number of nitrogens with two attached hydrogens (primary N) is 1. The minimum atomic E-state index is 0.226. The number of nitrogens with zero attached hydrogens (tertiary/aromatic N) is 1. The van der Waals surface area contributed by atoms with Crippen LogP contribution in [0.15, 0.2) is 24.5 Å². The predicted octanol–water partition coefficient (Wildman–Crippen LogP) is 0.971. The molecule has 2 nitrogen and oxygen atoms in total. The van der Waals surface area contributed by atoms with E-state index in [1.807, 2.05) is 25.3 Å². The van der Waals surface area contributed by atoms with E-state index in [-0.39, 0.29) is 6.04 Å². The van der Waals surface area contributed by atoms with Gasteiger partial charge in [0.25, 0.3) is 0 Å². The molecule has 0 spiro atoms. The lowest BCUT2D eigenvalue weighted by molar-refractivity contribution is 0.736. The molecule has 0 bridgehead atoms. The van der Waals surface area contributed by atoms with Crippen molar-refractivity contribution in [2.75, 3.05) is 0 Å². The lowest BCUT2D eigenvalue weighted by atomic mass is 10.1.